The van der Waals surface area contributed by atoms with Crippen molar-refractivity contribution in [1.29, 1.82) is 0 Å². The molecule has 4 aromatic rings. The van der Waals surface area contributed by atoms with E-state index in [4.69, 9.17) is 9.15 Å². The van der Waals surface area contributed by atoms with Gasteiger partial charge in [0.2, 0.25) is 0 Å². The number of benzene rings is 2. The fourth-order valence-electron chi connectivity index (χ4n) is 2.80. The van der Waals surface area contributed by atoms with Gasteiger partial charge in [0.1, 0.15) is 16.3 Å². The van der Waals surface area contributed by atoms with E-state index in [2.05, 4.69) is 15.5 Å². The number of carbonyl (C=O) groups is 1. The first-order valence-electron chi connectivity index (χ1n) is 8.86. The van der Waals surface area contributed by atoms with E-state index < -0.39 is 11.5 Å². The second kappa shape index (κ2) is 7.84. The van der Waals surface area contributed by atoms with Gasteiger partial charge in [-0.1, -0.05) is 12.1 Å². The Balaban J connectivity index is 1.40. The number of fused-ring (bicyclic) bond motifs is 2. The molecule has 4 rings (SSSR count). The third kappa shape index (κ3) is 4.17. The van der Waals surface area contributed by atoms with Gasteiger partial charge in [0.15, 0.2) is 6.61 Å². The van der Waals surface area contributed by atoms with Crippen LogP contribution in [0.1, 0.15) is 17.5 Å². The summed E-state index contributed by atoms with van der Waals surface area (Å²) in [5.41, 5.74) is 4.79. The first kappa shape index (κ1) is 18.8. The standard InChI is InChI=1S/C21H17N3O4S/c1-12-9-20(26)28-17-10-14(7-8-15(12)17)27-11-19(25)24-23-13(2)21-22-16-5-3-4-6-18(16)29-21/h3-10H,11H2,1-2H3,(H,24,25)/b23-13-. The first-order chi connectivity index (χ1) is 14.0. The Morgan fingerprint density at radius 1 is 1.24 bits per heavy atom. The average molecular weight is 407 g/mol. The van der Waals surface area contributed by atoms with Crippen LogP contribution < -0.4 is 15.8 Å². The van der Waals surface area contributed by atoms with Crippen LogP contribution in [0.5, 0.6) is 5.75 Å². The highest BCUT2D eigenvalue weighted by atomic mass is 32.1. The normalized spacial score (nSPS) is 11.7. The van der Waals surface area contributed by atoms with E-state index in [0.29, 0.717) is 17.0 Å². The Morgan fingerprint density at radius 2 is 2.07 bits per heavy atom. The van der Waals surface area contributed by atoms with Gasteiger partial charge in [0.25, 0.3) is 5.91 Å². The molecule has 1 amide bonds. The number of carbonyl (C=O) groups excluding carboxylic acids is 1. The Hall–Kier alpha value is -3.52. The second-order valence-corrected chi connectivity index (χ2v) is 7.44. The smallest absolute Gasteiger partial charge is 0.336 e. The zero-order valence-electron chi connectivity index (χ0n) is 15.8. The lowest BCUT2D eigenvalue weighted by Crippen LogP contribution is -2.25. The lowest BCUT2D eigenvalue weighted by molar-refractivity contribution is -0.123. The molecular weight excluding hydrogens is 390 g/mol. The van der Waals surface area contributed by atoms with Crippen molar-refractivity contribution in [3.63, 3.8) is 0 Å². The van der Waals surface area contributed by atoms with Crippen LogP contribution in [-0.2, 0) is 4.79 Å². The van der Waals surface area contributed by atoms with Gasteiger partial charge in [0, 0.05) is 17.5 Å². The maximum atomic E-state index is 12.1. The van der Waals surface area contributed by atoms with Gasteiger partial charge in [-0.05, 0) is 43.7 Å². The predicted octanol–water partition coefficient (Wildman–Crippen LogP) is 3.63. The quantitative estimate of drug-likeness (QED) is 0.310. The van der Waals surface area contributed by atoms with Gasteiger partial charge >= 0.3 is 5.63 Å². The molecule has 0 aliphatic carbocycles. The van der Waals surface area contributed by atoms with Gasteiger partial charge < -0.3 is 9.15 Å². The van der Waals surface area contributed by atoms with Crippen molar-refractivity contribution in [2.75, 3.05) is 6.61 Å². The van der Waals surface area contributed by atoms with Crippen LogP contribution in [0, 0.1) is 6.92 Å². The van der Waals surface area contributed by atoms with Crippen molar-refractivity contribution in [1.82, 2.24) is 10.4 Å². The minimum atomic E-state index is -0.426. The molecule has 8 heteroatoms. The maximum absolute atomic E-state index is 12.1. The topological polar surface area (TPSA) is 93.8 Å². The molecule has 2 aromatic heterocycles. The van der Waals surface area contributed by atoms with Crippen molar-refractivity contribution in [2.24, 2.45) is 5.10 Å². The molecule has 0 aliphatic heterocycles. The fourth-order valence-corrected chi connectivity index (χ4v) is 3.71. The predicted molar refractivity (Wildman–Crippen MR) is 113 cm³/mol. The molecule has 0 spiro atoms. The van der Waals surface area contributed by atoms with Gasteiger partial charge in [0.05, 0.1) is 15.9 Å². The zero-order valence-corrected chi connectivity index (χ0v) is 16.6. The number of hydrogen-bond donors (Lipinski definition) is 1. The SMILES string of the molecule is C/C(=N/NC(=O)COc1ccc2c(C)cc(=O)oc2c1)c1nc2ccccc2s1. The fraction of sp³-hybridized carbons (Fsp3) is 0.143. The summed E-state index contributed by atoms with van der Waals surface area (Å²) in [4.78, 5) is 28.1. The Bertz CT molecular complexity index is 1270. The number of amides is 1. The van der Waals surface area contributed by atoms with E-state index in [1.54, 1.807) is 25.1 Å². The number of ether oxygens (including phenoxy) is 1. The maximum Gasteiger partial charge on any atom is 0.336 e. The number of aryl methyl sites for hydroxylation is 1. The average Bonchev–Trinajstić information content (AvgIpc) is 3.14. The van der Waals surface area contributed by atoms with Crippen LogP contribution in [0.3, 0.4) is 0 Å². The van der Waals surface area contributed by atoms with Crippen LogP contribution >= 0.6 is 11.3 Å². The van der Waals surface area contributed by atoms with E-state index in [9.17, 15) is 9.59 Å². The molecule has 0 aliphatic rings. The van der Waals surface area contributed by atoms with Gasteiger partial charge in [-0.3, -0.25) is 4.79 Å². The summed E-state index contributed by atoms with van der Waals surface area (Å²) in [5.74, 6) is 0.0181. The number of rotatable bonds is 5. The minimum Gasteiger partial charge on any atom is -0.484 e. The van der Waals surface area contributed by atoms with E-state index >= 15 is 0 Å². The molecule has 2 heterocycles. The summed E-state index contributed by atoms with van der Waals surface area (Å²) in [5, 5.41) is 5.66. The van der Waals surface area contributed by atoms with Crippen LogP contribution in [0.2, 0.25) is 0 Å². The molecule has 146 valence electrons. The van der Waals surface area contributed by atoms with Crippen LogP contribution in [0.25, 0.3) is 21.2 Å². The van der Waals surface area contributed by atoms with Crippen LogP contribution in [0.4, 0.5) is 0 Å². The van der Waals surface area contributed by atoms with Gasteiger partial charge in [-0.25, -0.2) is 15.2 Å². The third-order valence-corrected chi connectivity index (χ3v) is 5.39. The van der Waals surface area contributed by atoms with Crippen molar-refractivity contribution in [3.05, 3.63) is 69.5 Å². The van der Waals surface area contributed by atoms with E-state index in [-0.39, 0.29) is 6.61 Å². The summed E-state index contributed by atoms with van der Waals surface area (Å²) in [6, 6.07) is 14.3. The number of hydrazone groups is 1. The molecule has 0 radical (unpaired) electrons. The lowest BCUT2D eigenvalue weighted by atomic mass is 10.1. The zero-order chi connectivity index (χ0) is 20.4. The highest BCUT2D eigenvalue weighted by Gasteiger charge is 2.09. The highest BCUT2D eigenvalue weighted by Crippen LogP contribution is 2.23. The molecular formula is C21H17N3O4S. The van der Waals surface area contributed by atoms with E-state index in [1.165, 1.54) is 17.4 Å². The van der Waals surface area contributed by atoms with Crippen molar-refractivity contribution < 1.29 is 13.9 Å². The molecule has 1 N–H and O–H groups in total. The largest absolute Gasteiger partial charge is 0.484 e. The number of thiazole rings is 1. The summed E-state index contributed by atoms with van der Waals surface area (Å²) < 4.78 is 11.7. The molecule has 0 unspecified atom stereocenters. The molecule has 0 bridgehead atoms. The molecule has 0 saturated carbocycles. The third-order valence-electron chi connectivity index (χ3n) is 4.24. The van der Waals surface area contributed by atoms with Crippen molar-refractivity contribution in [3.8, 4) is 5.75 Å². The Labute approximate surface area is 169 Å². The number of para-hydroxylation sites is 1. The van der Waals surface area contributed by atoms with Crippen LogP contribution in [-0.4, -0.2) is 23.2 Å². The summed E-state index contributed by atoms with van der Waals surface area (Å²) >= 11 is 1.51. The molecule has 0 atom stereocenters. The minimum absolute atomic E-state index is 0.224. The number of nitrogens with one attached hydrogen (secondary N) is 1. The summed E-state index contributed by atoms with van der Waals surface area (Å²) in [6.45, 7) is 3.39. The first-order valence-corrected chi connectivity index (χ1v) is 9.67. The molecule has 7 nitrogen and oxygen atoms in total. The molecule has 0 saturated heterocycles. The lowest BCUT2D eigenvalue weighted by Gasteiger charge is -2.07. The highest BCUT2D eigenvalue weighted by molar-refractivity contribution is 7.20. The molecule has 0 fully saturated rings. The van der Waals surface area contributed by atoms with Crippen molar-refractivity contribution >= 4 is 44.1 Å². The molecule has 2 aromatic carbocycles. The van der Waals surface area contributed by atoms with Crippen molar-refractivity contribution in [2.45, 2.75) is 13.8 Å². The number of aromatic nitrogens is 1. The second-order valence-electron chi connectivity index (χ2n) is 6.41. The number of hydrogen-bond acceptors (Lipinski definition) is 7. The monoisotopic (exact) mass is 407 g/mol. The van der Waals surface area contributed by atoms with E-state index in [0.717, 1.165) is 26.2 Å². The molecule has 29 heavy (non-hydrogen) atoms. The Kier molecular flexibility index (Phi) is 5.09. The number of nitrogens with zero attached hydrogens (tertiary/aromatic N) is 2. The van der Waals surface area contributed by atoms with Gasteiger partial charge in [-0.15, -0.1) is 11.3 Å². The van der Waals surface area contributed by atoms with Crippen LogP contribution in [0.15, 0.2) is 62.8 Å². The summed E-state index contributed by atoms with van der Waals surface area (Å²) in [6.07, 6.45) is 0. The Morgan fingerprint density at radius 3 is 2.90 bits per heavy atom. The van der Waals surface area contributed by atoms with Gasteiger partial charge in [-0.2, -0.15) is 5.10 Å². The van der Waals surface area contributed by atoms with E-state index in [1.807, 2.05) is 31.2 Å². The summed E-state index contributed by atoms with van der Waals surface area (Å²) in [7, 11) is 0.